The average Bonchev–Trinajstić information content (AvgIpc) is 2.19. The number of esters is 1. The lowest BCUT2D eigenvalue weighted by Gasteiger charge is -2.11. The zero-order valence-corrected chi connectivity index (χ0v) is 8.82. The van der Waals surface area contributed by atoms with Crippen LogP contribution >= 0.6 is 11.6 Å². The molecule has 0 atom stereocenters. The molecule has 0 unspecified atom stereocenters. The van der Waals surface area contributed by atoms with Gasteiger partial charge in [0.05, 0.1) is 28.9 Å². The van der Waals surface area contributed by atoms with Gasteiger partial charge in [-0.3, -0.25) is 0 Å². The number of rotatable bonds is 1. The molecule has 88 valence electrons. The largest absolute Gasteiger partial charge is 0.465 e. The predicted molar refractivity (Wildman–Crippen MR) is 52.2 cm³/mol. The van der Waals surface area contributed by atoms with Crippen LogP contribution in [0.5, 0.6) is 0 Å². The van der Waals surface area contributed by atoms with Gasteiger partial charge in [0.2, 0.25) is 0 Å². The fourth-order valence-corrected chi connectivity index (χ4v) is 1.26. The molecule has 0 saturated carbocycles. The summed E-state index contributed by atoms with van der Waals surface area (Å²) in [5, 5.41) is -0.250. The molecule has 0 heterocycles. The van der Waals surface area contributed by atoms with E-state index >= 15 is 0 Å². The maximum atomic E-state index is 12.4. The van der Waals surface area contributed by atoms with Gasteiger partial charge < -0.3 is 10.5 Å². The lowest BCUT2D eigenvalue weighted by molar-refractivity contribution is -0.137. The number of methoxy groups -OCH3 is 1. The first-order chi connectivity index (χ1) is 7.27. The van der Waals surface area contributed by atoms with Crippen LogP contribution in [-0.4, -0.2) is 13.1 Å². The molecule has 0 aliphatic heterocycles. The van der Waals surface area contributed by atoms with Crippen LogP contribution in [0.15, 0.2) is 12.1 Å². The zero-order valence-electron chi connectivity index (χ0n) is 8.06. The Balaban J connectivity index is 3.39. The van der Waals surface area contributed by atoms with Crippen LogP contribution in [0, 0.1) is 0 Å². The first kappa shape index (κ1) is 12.6. The molecule has 0 bridgehead atoms. The van der Waals surface area contributed by atoms with Gasteiger partial charge in [0.1, 0.15) is 0 Å². The molecule has 3 nitrogen and oxygen atoms in total. The van der Waals surface area contributed by atoms with Crippen molar-refractivity contribution in [2.45, 2.75) is 6.18 Å². The molecule has 0 radical (unpaired) electrons. The molecule has 2 N–H and O–H groups in total. The molecule has 0 aliphatic carbocycles. The summed E-state index contributed by atoms with van der Waals surface area (Å²) in [7, 11) is 1.04. The second-order valence-corrected chi connectivity index (χ2v) is 3.29. The highest BCUT2D eigenvalue weighted by Gasteiger charge is 2.32. The number of benzene rings is 1. The molecule has 0 aliphatic rings. The van der Waals surface area contributed by atoms with E-state index in [1.54, 1.807) is 0 Å². The number of hydrogen-bond donors (Lipinski definition) is 1. The molecule has 0 spiro atoms. The van der Waals surface area contributed by atoms with Crippen molar-refractivity contribution >= 4 is 23.3 Å². The minimum absolute atomic E-state index is 0.250. The molecule has 1 aromatic rings. The van der Waals surface area contributed by atoms with Crippen LogP contribution in [0.2, 0.25) is 5.02 Å². The molecule has 0 saturated heterocycles. The Kier molecular flexibility index (Phi) is 3.32. The SMILES string of the molecule is COC(=O)c1cc(C(F)(F)F)cc(N)c1Cl. The van der Waals surface area contributed by atoms with Crippen molar-refractivity contribution in [1.82, 2.24) is 0 Å². The fourth-order valence-electron chi connectivity index (χ4n) is 1.07. The van der Waals surface area contributed by atoms with Crippen molar-refractivity contribution in [3.05, 3.63) is 28.3 Å². The highest BCUT2D eigenvalue weighted by Crippen LogP contribution is 2.35. The van der Waals surface area contributed by atoms with E-state index in [0.717, 1.165) is 7.11 Å². The van der Waals surface area contributed by atoms with Gasteiger partial charge in [-0.1, -0.05) is 11.6 Å². The van der Waals surface area contributed by atoms with E-state index in [4.69, 9.17) is 17.3 Å². The highest BCUT2D eigenvalue weighted by molar-refractivity contribution is 6.36. The number of nitrogens with two attached hydrogens (primary N) is 1. The zero-order chi connectivity index (χ0) is 12.5. The number of nitrogen functional groups attached to an aromatic ring is 1. The minimum Gasteiger partial charge on any atom is -0.465 e. The van der Waals surface area contributed by atoms with Crippen molar-refractivity contribution in [3.63, 3.8) is 0 Å². The molecule has 0 amide bonds. The van der Waals surface area contributed by atoms with Gasteiger partial charge in [-0.15, -0.1) is 0 Å². The monoisotopic (exact) mass is 253 g/mol. The summed E-state index contributed by atoms with van der Waals surface area (Å²) in [6.45, 7) is 0. The third-order valence-electron chi connectivity index (χ3n) is 1.83. The van der Waals surface area contributed by atoms with Gasteiger partial charge in [-0.05, 0) is 12.1 Å². The van der Waals surface area contributed by atoms with Crippen LogP contribution in [0.3, 0.4) is 0 Å². The van der Waals surface area contributed by atoms with Gasteiger partial charge in [0.25, 0.3) is 0 Å². The van der Waals surface area contributed by atoms with Crippen LogP contribution in [-0.2, 0) is 10.9 Å². The summed E-state index contributed by atoms with van der Waals surface area (Å²) >= 11 is 5.60. The van der Waals surface area contributed by atoms with Gasteiger partial charge >= 0.3 is 12.1 Å². The molecule has 0 aromatic heterocycles. The lowest BCUT2D eigenvalue weighted by Crippen LogP contribution is -2.10. The summed E-state index contributed by atoms with van der Waals surface area (Å²) in [6.07, 6.45) is -4.60. The van der Waals surface area contributed by atoms with E-state index in [1.807, 2.05) is 0 Å². The third-order valence-corrected chi connectivity index (χ3v) is 2.26. The number of carbonyl (C=O) groups is 1. The Hall–Kier alpha value is -1.43. The number of hydrogen-bond acceptors (Lipinski definition) is 3. The molecule has 16 heavy (non-hydrogen) atoms. The Morgan fingerprint density at radius 2 is 2.00 bits per heavy atom. The van der Waals surface area contributed by atoms with Crippen LogP contribution < -0.4 is 5.73 Å². The summed E-state index contributed by atoms with van der Waals surface area (Å²) in [5.74, 6) is -0.970. The summed E-state index contributed by atoms with van der Waals surface area (Å²) in [4.78, 5) is 11.1. The predicted octanol–water partition coefficient (Wildman–Crippen LogP) is 2.73. The van der Waals surface area contributed by atoms with Crippen molar-refractivity contribution in [3.8, 4) is 0 Å². The highest BCUT2D eigenvalue weighted by atomic mass is 35.5. The molecular formula is C9H7ClF3NO2. The Labute approximate surface area is 93.9 Å². The molecule has 7 heteroatoms. The van der Waals surface area contributed by atoms with Crippen molar-refractivity contribution in [2.75, 3.05) is 12.8 Å². The minimum atomic E-state index is -4.60. The maximum Gasteiger partial charge on any atom is 0.416 e. The number of anilines is 1. The van der Waals surface area contributed by atoms with E-state index in [2.05, 4.69) is 4.74 Å². The smallest absolute Gasteiger partial charge is 0.416 e. The standard InChI is InChI=1S/C9H7ClF3NO2/c1-16-8(15)5-2-4(9(11,12)13)3-6(14)7(5)10/h2-3H,14H2,1H3. The number of alkyl halides is 3. The molecular weight excluding hydrogens is 247 g/mol. The second kappa shape index (κ2) is 4.21. The van der Waals surface area contributed by atoms with E-state index in [0.29, 0.717) is 12.1 Å². The van der Waals surface area contributed by atoms with Crippen molar-refractivity contribution in [2.24, 2.45) is 0 Å². The van der Waals surface area contributed by atoms with Crippen LogP contribution in [0.1, 0.15) is 15.9 Å². The van der Waals surface area contributed by atoms with Gasteiger partial charge in [0.15, 0.2) is 0 Å². The van der Waals surface area contributed by atoms with Gasteiger partial charge in [0, 0.05) is 0 Å². The fraction of sp³-hybridized carbons (Fsp3) is 0.222. The first-order valence-electron chi connectivity index (χ1n) is 4.02. The summed E-state index contributed by atoms with van der Waals surface area (Å²) in [6, 6.07) is 1.26. The van der Waals surface area contributed by atoms with Gasteiger partial charge in [-0.25, -0.2) is 4.79 Å². The summed E-state index contributed by atoms with van der Waals surface area (Å²) in [5.41, 5.74) is 3.50. The Bertz CT molecular complexity index is 431. The number of halogens is 4. The van der Waals surface area contributed by atoms with Crippen molar-refractivity contribution < 1.29 is 22.7 Å². The topological polar surface area (TPSA) is 52.3 Å². The van der Waals surface area contributed by atoms with E-state index in [9.17, 15) is 18.0 Å². The summed E-state index contributed by atoms with van der Waals surface area (Å²) < 4.78 is 41.5. The molecule has 1 rings (SSSR count). The Morgan fingerprint density at radius 3 is 2.44 bits per heavy atom. The average molecular weight is 254 g/mol. The van der Waals surface area contributed by atoms with E-state index in [1.165, 1.54) is 0 Å². The van der Waals surface area contributed by atoms with E-state index < -0.39 is 23.3 Å². The van der Waals surface area contributed by atoms with E-state index in [-0.39, 0.29) is 10.7 Å². The maximum absolute atomic E-state index is 12.4. The quantitative estimate of drug-likeness (QED) is 0.618. The van der Waals surface area contributed by atoms with Crippen molar-refractivity contribution in [1.29, 1.82) is 0 Å². The van der Waals surface area contributed by atoms with Crippen LogP contribution in [0.25, 0.3) is 0 Å². The number of carbonyl (C=O) groups excluding carboxylic acids is 1. The number of ether oxygens (including phenoxy) is 1. The second-order valence-electron chi connectivity index (χ2n) is 2.92. The lowest BCUT2D eigenvalue weighted by atomic mass is 10.1. The van der Waals surface area contributed by atoms with Gasteiger partial charge in [-0.2, -0.15) is 13.2 Å². The third kappa shape index (κ3) is 2.38. The molecule has 1 aromatic carbocycles. The first-order valence-corrected chi connectivity index (χ1v) is 4.39. The normalized spacial score (nSPS) is 11.3. The van der Waals surface area contributed by atoms with Crippen LogP contribution in [0.4, 0.5) is 18.9 Å². The Morgan fingerprint density at radius 1 is 1.44 bits per heavy atom. The molecule has 0 fully saturated rings.